The highest BCUT2D eigenvalue weighted by atomic mass is 35.5. The van der Waals surface area contributed by atoms with Gasteiger partial charge in [-0.15, -0.1) is 0 Å². The Labute approximate surface area is 125 Å². The number of rotatable bonds is 6. The molecule has 0 heterocycles. The second-order valence-electron chi connectivity index (χ2n) is 5.04. The number of hydrogen-bond donors (Lipinski definition) is 2. The Morgan fingerprint density at radius 1 is 1.25 bits per heavy atom. The molecule has 4 heteroatoms. The lowest BCUT2D eigenvalue weighted by molar-refractivity contribution is -0.119. The van der Waals surface area contributed by atoms with Crippen LogP contribution in [0, 0.1) is 0 Å². The van der Waals surface area contributed by atoms with Crippen LogP contribution in [0.4, 0.5) is 5.69 Å². The van der Waals surface area contributed by atoms with E-state index in [1.807, 2.05) is 18.2 Å². The van der Waals surface area contributed by atoms with Crippen LogP contribution < -0.4 is 10.6 Å². The molecule has 1 aromatic rings. The van der Waals surface area contributed by atoms with E-state index in [2.05, 4.69) is 16.7 Å². The van der Waals surface area contributed by atoms with Crippen molar-refractivity contribution in [3.8, 4) is 0 Å². The molecule has 2 N–H and O–H groups in total. The largest absolute Gasteiger partial charge is 0.375 e. The summed E-state index contributed by atoms with van der Waals surface area (Å²) in [5, 5.41) is 6.61. The summed E-state index contributed by atoms with van der Waals surface area (Å²) in [6.45, 7) is 0.970. The highest BCUT2D eigenvalue weighted by Crippen LogP contribution is 2.20. The van der Waals surface area contributed by atoms with E-state index in [0.717, 1.165) is 18.7 Å². The normalized spacial score (nSPS) is 14.6. The molecule has 0 radical (unpaired) electrons. The average molecular weight is 293 g/mol. The molecule has 0 unspecified atom stereocenters. The molecule has 1 amide bonds. The first-order valence-corrected chi connectivity index (χ1v) is 7.56. The van der Waals surface area contributed by atoms with E-state index in [9.17, 15) is 4.79 Å². The lowest BCUT2D eigenvalue weighted by Gasteiger charge is -2.13. The van der Waals surface area contributed by atoms with E-state index in [0.29, 0.717) is 5.02 Å². The molecular weight excluding hydrogens is 272 g/mol. The van der Waals surface area contributed by atoms with Gasteiger partial charge in [0.2, 0.25) is 5.91 Å². The van der Waals surface area contributed by atoms with Crippen LogP contribution >= 0.6 is 11.6 Å². The van der Waals surface area contributed by atoms with Crippen molar-refractivity contribution in [2.24, 2.45) is 0 Å². The van der Waals surface area contributed by atoms with E-state index in [1.54, 1.807) is 6.07 Å². The van der Waals surface area contributed by atoms with Crippen LogP contribution in [0.3, 0.4) is 0 Å². The van der Waals surface area contributed by atoms with Crippen molar-refractivity contribution in [3.63, 3.8) is 0 Å². The molecule has 20 heavy (non-hydrogen) atoms. The smallest absolute Gasteiger partial charge is 0.239 e. The maximum atomic E-state index is 11.7. The van der Waals surface area contributed by atoms with Gasteiger partial charge in [0.05, 0.1) is 17.3 Å². The SMILES string of the molecule is O=C(CNc1ccccc1Cl)NCCC1=CCCCC1. The summed E-state index contributed by atoms with van der Waals surface area (Å²) < 4.78 is 0. The van der Waals surface area contributed by atoms with Crippen molar-refractivity contribution >= 4 is 23.2 Å². The quantitative estimate of drug-likeness (QED) is 0.784. The third kappa shape index (κ3) is 4.89. The molecule has 0 bridgehead atoms. The second kappa shape index (κ2) is 7.95. The zero-order valence-electron chi connectivity index (χ0n) is 11.6. The minimum absolute atomic E-state index is 0.00123. The molecule has 0 saturated carbocycles. The molecule has 0 spiro atoms. The predicted octanol–water partition coefficient (Wildman–Crippen LogP) is 3.76. The van der Waals surface area contributed by atoms with Gasteiger partial charge in [-0.25, -0.2) is 0 Å². The molecule has 0 fully saturated rings. The number of anilines is 1. The topological polar surface area (TPSA) is 41.1 Å². The van der Waals surface area contributed by atoms with Gasteiger partial charge in [0.1, 0.15) is 0 Å². The second-order valence-corrected chi connectivity index (χ2v) is 5.45. The molecule has 2 rings (SSSR count). The first kappa shape index (κ1) is 14.9. The first-order valence-electron chi connectivity index (χ1n) is 7.19. The number of nitrogens with one attached hydrogen (secondary N) is 2. The number of hydrogen-bond acceptors (Lipinski definition) is 2. The van der Waals surface area contributed by atoms with Crippen molar-refractivity contribution < 1.29 is 4.79 Å². The Kier molecular flexibility index (Phi) is 5.93. The van der Waals surface area contributed by atoms with Gasteiger partial charge in [0.25, 0.3) is 0 Å². The third-order valence-electron chi connectivity index (χ3n) is 3.47. The molecule has 1 aliphatic carbocycles. The van der Waals surface area contributed by atoms with Gasteiger partial charge in [0, 0.05) is 6.54 Å². The molecule has 0 saturated heterocycles. The fraction of sp³-hybridized carbons (Fsp3) is 0.438. The summed E-state index contributed by atoms with van der Waals surface area (Å²) >= 11 is 6.01. The van der Waals surface area contributed by atoms with Crippen LogP contribution in [-0.2, 0) is 4.79 Å². The van der Waals surface area contributed by atoms with E-state index in [1.165, 1.54) is 31.3 Å². The average Bonchev–Trinajstić information content (AvgIpc) is 2.47. The summed E-state index contributed by atoms with van der Waals surface area (Å²) in [7, 11) is 0. The Hall–Kier alpha value is -1.48. The van der Waals surface area contributed by atoms with Gasteiger partial charge in [-0.2, -0.15) is 0 Å². The van der Waals surface area contributed by atoms with Crippen molar-refractivity contribution in [3.05, 3.63) is 40.9 Å². The zero-order chi connectivity index (χ0) is 14.2. The number of halogens is 1. The lowest BCUT2D eigenvalue weighted by atomic mass is 9.97. The molecule has 0 aromatic heterocycles. The molecule has 0 aliphatic heterocycles. The van der Waals surface area contributed by atoms with Crippen LogP contribution in [0.15, 0.2) is 35.9 Å². The van der Waals surface area contributed by atoms with Gasteiger partial charge in [-0.05, 0) is 44.2 Å². The minimum atomic E-state index is 0.00123. The molecule has 0 atom stereocenters. The van der Waals surface area contributed by atoms with Gasteiger partial charge < -0.3 is 10.6 Å². The fourth-order valence-electron chi connectivity index (χ4n) is 2.34. The Morgan fingerprint density at radius 3 is 2.85 bits per heavy atom. The lowest BCUT2D eigenvalue weighted by Crippen LogP contribution is -2.30. The highest BCUT2D eigenvalue weighted by Gasteiger charge is 2.05. The summed E-state index contributed by atoms with van der Waals surface area (Å²) in [5.74, 6) is 0.00123. The first-order chi connectivity index (χ1) is 9.75. The maximum Gasteiger partial charge on any atom is 0.239 e. The zero-order valence-corrected chi connectivity index (χ0v) is 12.4. The van der Waals surface area contributed by atoms with E-state index < -0.39 is 0 Å². The maximum absolute atomic E-state index is 11.7. The van der Waals surface area contributed by atoms with Crippen LogP contribution in [0.1, 0.15) is 32.1 Å². The van der Waals surface area contributed by atoms with Gasteiger partial charge in [-0.1, -0.05) is 35.4 Å². The van der Waals surface area contributed by atoms with Crippen LogP contribution in [0.25, 0.3) is 0 Å². The molecular formula is C16H21ClN2O. The van der Waals surface area contributed by atoms with E-state index in [4.69, 9.17) is 11.6 Å². The summed E-state index contributed by atoms with van der Waals surface area (Å²) in [6, 6.07) is 7.42. The van der Waals surface area contributed by atoms with Crippen molar-refractivity contribution in [2.75, 3.05) is 18.4 Å². The third-order valence-corrected chi connectivity index (χ3v) is 3.80. The fourth-order valence-corrected chi connectivity index (χ4v) is 2.54. The summed E-state index contributed by atoms with van der Waals surface area (Å²) in [6.07, 6.45) is 8.26. The Balaban J connectivity index is 1.65. The number of carbonyl (C=O) groups excluding carboxylic acids is 1. The van der Waals surface area contributed by atoms with Crippen molar-refractivity contribution in [2.45, 2.75) is 32.1 Å². The molecule has 1 aliphatic rings. The number of amides is 1. The Morgan fingerprint density at radius 2 is 2.10 bits per heavy atom. The van der Waals surface area contributed by atoms with Crippen molar-refractivity contribution in [1.29, 1.82) is 0 Å². The number of allylic oxidation sites excluding steroid dienone is 1. The number of carbonyl (C=O) groups is 1. The monoisotopic (exact) mass is 292 g/mol. The number of para-hydroxylation sites is 1. The molecule has 3 nitrogen and oxygen atoms in total. The standard InChI is InChI=1S/C16H21ClN2O/c17-14-8-4-5-9-15(14)19-12-16(20)18-11-10-13-6-2-1-3-7-13/h4-6,8-9,19H,1-3,7,10-12H2,(H,18,20). The van der Waals surface area contributed by atoms with Gasteiger partial charge >= 0.3 is 0 Å². The number of benzene rings is 1. The molecule has 1 aromatic carbocycles. The molecule has 108 valence electrons. The van der Waals surface area contributed by atoms with Gasteiger partial charge in [-0.3, -0.25) is 4.79 Å². The van der Waals surface area contributed by atoms with Crippen LogP contribution in [0.2, 0.25) is 5.02 Å². The van der Waals surface area contributed by atoms with E-state index >= 15 is 0 Å². The van der Waals surface area contributed by atoms with Gasteiger partial charge in [0.15, 0.2) is 0 Å². The van der Waals surface area contributed by atoms with Crippen LogP contribution in [0.5, 0.6) is 0 Å². The summed E-state index contributed by atoms with van der Waals surface area (Å²) in [5.41, 5.74) is 2.27. The van der Waals surface area contributed by atoms with Crippen molar-refractivity contribution in [1.82, 2.24) is 5.32 Å². The highest BCUT2D eigenvalue weighted by molar-refractivity contribution is 6.33. The Bertz CT molecular complexity index is 485. The minimum Gasteiger partial charge on any atom is -0.375 e. The van der Waals surface area contributed by atoms with E-state index in [-0.39, 0.29) is 12.5 Å². The predicted molar refractivity (Wildman–Crippen MR) is 84.1 cm³/mol. The summed E-state index contributed by atoms with van der Waals surface area (Å²) in [4.78, 5) is 11.7. The van der Waals surface area contributed by atoms with Crippen LogP contribution in [-0.4, -0.2) is 19.0 Å².